The van der Waals surface area contributed by atoms with E-state index in [1.165, 1.54) is 6.07 Å². The van der Waals surface area contributed by atoms with Crippen molar-refractivity contribution in [2.24, 2.45) is 0 Å². The molecule has 102 valence electrons. The topological polar surface area (TPSA) is 35.6 Å². The molecular formula is C14H18FN3O. The second-order valence-corrected chi connectivity index (χ2v) is 4.37. The highest BCUT2D eigenvalue weighted by Crippen LogP contribution is 2.19. The first kappa shape index (κ1) is 13.4. The Morgan fingerprint density at radius 2 is 1.95 bits per heavy atom. The second-order valence-electron chi connectivity index (χ2n) is 4.37. The van der Waals surface area contributed by atoms with Gasteiger partial charge in [-0.05, 0) is 19.1 Å². The first-order chi connectivity index (χ1) is 9.22. The molecule has 1 aliphatic heterocycles. The highest BCUT2D eigenvalue weighted by atomic mass is 19.1. The quantitative estimate of drug-likeness (QED) is 0.887. The van der Waals surface area contributed by atoms with E-state index in [9.17, 15) is 9.18 Å². The number of carbonyl (C=O) groups is 1. The maximum absolute atomic E-state index is 13.7. The molecule has 1 heterocycles. The van der Waals surface area contributed by atoms with Crippen molar-refractivity contribution in [1.82, 2.24) is 10.2 Å². The number of piperazine rings is 1. The monoisotopic (exact) mass is 263 g/mol. The van der Waals surface area contributed by atoms with Gasteiger partial charge in [0, 0.05) is 32.4 Å². The second kappa shape index (κ2) is 6.22. The summed E-state index contributed by atoms with van der Waals surface area (Å²) in [6.07, 6.45) is 3.39. The summed E-state index contributed by atoms with van der Waals surface area (Å²) in [5.74, 6) is -0.214. The van der Waals surface area contributed by atoms with E-state index in [1.54, 1.807) is 29.3 Å². The zero-order valence-corrected chi connectivity index (χ0v) is 11.0. The Labute approximate surface area is 112 Å². The number of allylic oxidation sites excluding steroid dienone is 1. The molecule has 0 aromatic heterocycles. The third-order valence-corrected chi connectivity index (χ3v) is 3.13. The van der Waals surface area contributed by atoms with Crippen LogP contribution in [0.4, 0.5) is 14.9 Å². The number of nitrogens with one attached hydrogen (secondary N) is 1. The molecule has 4 nitrogen and oxygen atoms in total. The third-order valence-electron chi connectivity index (χ3n) is 3.13. The van der Waals surface area contributed by atoms with E-state index in [-0.39, 0.29) is 11.8 Å². The van der Waals surface area contributed by atoms with Crippen molar-refractivity contribution in [3.8, 4) is 0 Å². The van der Waals surface area contributed by atoms with Gasteiger partial charge in [-0.1, -0.05) is 18.2 Å². The molecule has 0 unspecified atom stereocenters. The normalized spacial score (nSPS) is 15.9. The van der Waals surface area contributed by atoms with Gasteiger partial charge in [-0.2, -0.15) is 0 Å². The minimum absolute atomic E-state index is 0.105. The molecule has 0 radical (unpaired) electrons. The molecule has 2 amide bonds. The first-order valence-electron chi connectivity index (χ1n) is 6.38. The molecule has 1 aliphatic rings. The zero-order chi connectivity index (χ0) is 13.7. The summed E-state index contributed by atoms with van der Waals surface area (Å²) in [5.41, 5.74) is 0.607. The summed E-state index contributed by atoms with van der Waals surface area (Å²) in [6, 6.07) is 6.63. The van der Waals surface area contributed by atoms with Crippen molar-refractivity contribution >= 4 is 11.7 Å². The van der Waals surface area contributed by atoms with E-state index < -0.39 is 0 Å². The Morgan fingerprint density at radius 3 is 2.58 bits per heavy atom. The molecule has 1 aromatic rings. The molecular weight excluding hydrogens is 245 g/mol. The van der Waals surface area contributed by atoms with Crippen LogP contribution >= 0.6 is 0 Å². The van der Waals surface area contributed by atoms with Crippen molar-refractivity contribution in [2.45, 2.75) is 6.92 Å². The molecule has 19 heavy (non-hydrogen) atoms. The van der Waals surface area contributed by atoms with Crippen LogP contribution in [0, 0.1) is 5.82 Å². The van der Waals surface area contributed by atoms with Gasteiger partial charge in [0.25, 0.3) is 0 Å². The highest BCUT2D eigenvalue weighted by Gasteiger charge is 2.21. The largest absolute Gasteiger partial charge is 0.366 e. The van der Waals surface area contributed by atoms with Crippen LogP contribution in [0.25, 0.3) is 0 Å². The molecule has 5 heteroatoms. The average molecular weight is 263 g/mol. The maximum atomic E-state index is 13.7. The van der Waals surface area contributed by atoms with Crippen molar-refractivity contribution in [1.29, 1.82) is 0 Å². The van der Waals surface area contributed by atoms with E-state index in [1.807, 2.05) is 17.9 Å². The number of benzene rings is 1. The number of rotatable bonds is 2. The van der Waals surface area contributed by atoms with Gasteiger partial charge in [0.05, 0.1) is 5.69 Å². The predicted octanol–water partition coefficient (Wildman–Crippen LogP) is 2.19. The van der Waals surface area contributed by atoms with Gasteiger partial charge in [0.2, 0.25) is 0 Å². The Morgan fingerprint density at radius 1 is 1.26 bits per heavy atom. The minimum Gasteiger partial charge on any atom is -0.366 e. The lowest BCUT2D eigenvalue weighted by atomic mass is 10.2. The predicted molar refractivity (Wildman–Crippen MR) is 73.5 cm³/mol. The molecule has 0 spiro atoms. The standard InChI is InChI=1S/C14H18FN3O/c1-2-7-16-14(19)18-10-8-17(9-11-18)13-6-4-3-5-12(13)15/h2-7H,8-11H2,1H3,(H,16,19)/b7-2+. The summed E-state index contributed by atoms with van der Waals surface area (Å²) < 4.78 is 13.7. The van der Waals surface area contributed by atoms with Gasteiger partial charge in [-0.15, -0.1) is 0 Å². The van der Waals surface area contributed by atoms with Crippen molar-refractivity contribution in [2.75, 3.05) is 31.1 Å². The maximum Gasteiger partial charge on any atom is 0.321 e. The fraction of sp³-hybridized carbons (Fsp3) is 0.357. The molecule has 2 rings (SSSR count). The van der Waals surface area contributed by atoms with Crippen LogP contribution in [0.2, 0.25) is 0 Å². The lowest BCUT2D eigenvalue weighted by molar-refractivity contribution is 0.198. The molecule has 0 saturated carbocycles. The van der Waals surface area contributed by atoms with Crippen molar-refractivity contribution < 1.29 is 9.18 Å². The molecule has 1 saturated heterocycles. The van der Waals surface area contributed by atoms with E-state index in [2.05, 4.69) is 5.32 Å². The number of para-hydroxylation sites is 1. The highest BCUT2D eigenvalue weighted by molar-refractivity contribution is 5.75. The number of carbonyl (C=O) groups excluding carboxylic acids is 1. The fourth-order valence-electron chi connectivity index (χ4n) is 2.10. The zero-order valence-electron chi connectivity index (χ0n) is 11.0. The fourth-order valence-corrected chi connectivity index (χ4v) is 2.10. The van der Waals surface area contributed by atoms with Crippen LogP contribution in [0.3, 0.4) is 0 Å². The lowest BCUT2D eigenvalue weighted by Crippen LogP contribution is -2.51. The number of hydrogen-bond acceptors (Lipinski definition) is 2. The van der Waals surface area contributed by atoms with Crippen LogP contribution in [-0.2, 0) is 0 Å². The summed E-state index contributed by atoms with van der Waals surface area (Å²) in [4.78, 5) is 15.4. The number of amides is 2. The summed E-state index contributed by atoms with van der Waals surface area (Å²) in [5, 5.41) is 2.68. The van der Waals surface area contributed by atoms with E-state index in [0.717, 1.165) is 0 Å². The van der Waals surface area contributed by atoms with Gasteiger partial charge >= 0.3 is 6.03 Å². The summed E-state index contributed by atoms with van der Waals surface area (Å²) in [7, 11) is 0. The van der Waals surface area contributed by atoms with Crippen LogP contribution in [-0.4, -0.2) is 37.1 Å². The third kappa shape index (κ3) is 3.24. The number of halogens is 1. The van der Waals surface area contributed by atoms with Crippen LogP contribution in [0.15, 0.2) is 36.5 Å². The molecule has 0 atom stereocenters. The number of anilines is 1. The van der Waals surface area contributed by atoms with Crippen molar-refractivity contribution in [3.05, 3.63) is 42.4 Å². The van der Waals surface area contributed by atoms with Gasteiger partial charge in [0.15, 0.2) is 0 Å². The van der Waals surface area contributed by atoms with E-state index >= 15 is 0 Å². The number of urea groups is 1. The van der Waals surface area contributed by atoms with Gasteiger partial charge in [0.1, 0.15) is 5.82 Å². The molecule has 1 N–H and O–H groups in total. The smallest absolute Gasteiger partial charge is 0.321 e. The van der Waals surface area contributed by atoms with Gasteiger partial charge in [-0.3, -0.25) is 0 Å². The Balaban J connectivity index is 1.92. The van der Waals surface area contributed by atoms with Crippen LogP contribution < -0.4 is 10.2 Å². The van der Waals surface area contributed by atoms with Crippen LogP contribution in [0.5, 0.6) is 0 Å². The molecule has 1 aromatic carbocycles. The summed E-state index contributed by atoms with van der Waals surface area (Å²) in [6.45, 7) is 4.32. The molecule has 0 aliphatic carbocycles. The minimum atomic E-state index is -0.214. The SMILES string of the molecule is C/C=C/NC(=O)N1CCN(c2ccccc2F)CC1. The lowest BCUT2D eigenvalue weighted by Gasteiger charge is -2.35. The van der Waals surface area contributed by atoms with E-state index in [0.29, 0.717) is 31.9 Å². The number of hydrogen-bond donors (Lipinski definition) is 1. The number of nitrogens with zero attached hydrogens (tertiary/aromatic N) is 2. The van der Waals surface area contributed by atoms with Crippen molar-refractivity contribution in [3.63, 3.8) is 0 Å². The Hall–Kier alpha value is -2.04. The van der Waals surface area contributed by atoms with E-state index in [4.69, 9.17) is 0 Å². The summed E-state index contributed by atoms with van der Waals surface area (Å²) >= 11 is 0. The first-order valence-corrected chi connectivity index (χ1v) is 6.38. The molecule has 1 fully saturated rings. The Bertz CT molecular complexity index is 468. The van der Waals surface area contributed by atoms with Crippen LogP contribution in [0.1, 0.15) is 6.92 Å². The van der Waals surface area contributed by atoms with Gasteiger partial charge < -0.3 is 15.1 Å². The molecule has 0 bridgehead atoms. The Kier molecular flexibility index (Phi) is 4.39. The van der Waals surface area contributed by atoms with Gasteiger partial charge in [-0.25, -0.2) is 9.18 Å². The average Bonchev–Trinajstić information content (AvgIpc) is 2.45.